The number of hydrogen-bond donors (Lipinski definition) is 0. The molecule has 2 aromatic carbocycles. The number of fused-ring (bicyclic) bond motifs is 1. The Labute approximate surface area is 116 Å². The van der Waals surface area contributed by atoms with Gasteiger partial charge in [0.05, 0.1) is 6.10 Å². The highest BCUT2D eigenvalue weighted by Crippen LogP contribution is 2.38. The molecule has 0 saturated carbocycles. The van der Waals surface area contributed by atoms with Gasteiger partial charge >= 0.3 is 0 Å². The van der Waals surface area contributed by atoms with Gasteiger partial charge in [-0.05, 0) is 11.1 Å². The molecule has 3 rings (SSSR count). The van der Waals surface area contributed by atoms with Crippen LogP contribution < -0.4 is 5.19 Å². The molecule has 1 unspecified atom stereocenters. The Morgan fingerprint density at radius 2 is 1.53 bits per heavy atom. The predicted molar refractivity (Wildman–Crippen MR) is 82.2 cm³/mol. The van der Waals surface area contributed by atoms with E-state index in [1.54, 1.807) is 0 Å². The number of hydrogen-bond acceptors (Lipinski definition) is 1. The first-order valence-corrected chi connectivity index (χ1v) is 9.45. The second-order valence-corrected chi connectivity index (χ2v) is 9.37. The van der Waals surface area contributed by atoms with Gasteiger partial charge in [0.15, 0.2) is 0 Å². The van der Waals surface area contributed by atoms with Gasteiger partial charge in [-0.25, -0.2) is 0 Å². The van der Waals surface area contributed by atoms with Crippen LogP contribution in [0.5, 0.6) is 0 Å². The van der Waals surface area contributed by atoms with Crippen LogP contribution in [0.2, 0.25) is 12.1 Å². The summed E-state index contributed by atoms with van der Waals surface area (Å²) < 4.78 is 6.64. The Morgan fingerprint density at radius 1 is 0.895 bits per heavy atom. The lowest BCUT2D eigenvalue weighted by Crippen LogP contribution is -2.45. The Kier molecular flexibility index (Phi) is 3.29. The molecular formula is C17H20OSi-. The second kappa shape index (κ2) is 4.95. The minimum absolute atomic E-state index is 0.143. The average molecular weight is 268 g/mol. The monoisotopic (exact) mass is 268 g/mol. The summed E-state index contributed by atoms with van der Waals surface area (Å²) >= 11 is 0. The minimum Gasteiger partial charge on any atom is -0.552 e. The summed E-state index contributed by atoms with van der Waals surface area (Å²) in [4.78, 5) is 0. The van der Waals surface area contributed by atoms with Crippen molar-refractivity contribution in [1.29, 1.82) is 0 Å². The van der Waals surface area contributed by atoms with Gasteiger partial charge in [0.25, 0.3) is 0 Å². The fourth-order valence-electron chi connectivity index (χ4n) is 3.17. The smallest absolute Gasteiger partial charge is 0.0653 e. The molecule has 0 saturated heterocycles. The van der Waals surface area contributed by atoms with E-state index in [4.69, 9.17) is 4.43 Å². The van der Waals surface area contributed by atoms with Gasteiger partial charge in [0.2, 0.25) is 0 Å². The molecule has 1 aliphatic rings. The van der Waals surface area contributed by atoms with Crippen LogP contribution in [-0.4, -0.2) is 8.32 Å². The Balaban J connectivity index is 2.12. The maximum Gasteiger partial charge on any atom is 0.0653 e. The van der Waals surface area contributed by atoms with Crippen LogP contribution in [0.25, 0.3) is 0 Å². The molecule has 0 amide bonds. The first-order valence-electron chi connectivity index (χ1n) is 7.13. The molecule has 0 aromatic heterocycles. The first kappa shape index (κ1) is 12.6. The lowest BCUT2D eigenvalue weighted by Gasteiger charge is -2.38. The van der Waals surface area contributed by atoms with Crippen molar-refractivity contribution in [3.63, 3.8) is 0 Å². The summed E-state index contributed by atoms with van der Waals surface area (Å²) in [7, 11) is -1.75. The Morgan fingerprint density at radius 3 is 2.21 bits per heavy atom. The van der Waals surface area contributed by atoms with E-state index in [-0.39, 0.29) is 6.10 Å². The molecule has 2 aromatic rings. The zero-order valence-corrected chi connectivity index (χ0v) is 12.6. The van der Waals surface area contributed by atoms with Gasteiger partial charge in [-0.1, -0.05) is 68.4 Å². The van der Waals surface area contributed by atoms with Crippen molar-refractivity contribution in [2.75, 3.05) is 0 Å². The summed E-state index contributed by atoms with van der Waals surface area (Å²) in [6.45, 7) is 4.56. The molecule has 0 aliphatic carbocycles. The molecule has 0 fully saturated rings. The lowest BCUT2D eigenvalue weighted by molar-refractivity contribution is 0.253. The lowest BCUT2D eigenvalue weighted by atomic mass is 10.0. The summed E-state index contributed by atoms with van der Waals surface area (Å²) in [6.07, 6.45) is 0.143. The Hall–Kier alpha value is -1.38. The summed E-state index contributed by atoms with van der Waals surface area (Å²) in [5, 5.41) is 1.51. The molecule has 1 aliphatic heterocycles. The fourth-order valence-corrected chi connectivity index (χ4v) is 6.74. The summed E-state index contributed by atoms with van der Waals surface area (Å²) in [5.41, 5.74) is 2.68. The van der Waals surface area contributed by atoms with E-state index in [1.165, 1.54) is 16.3 Å². The van der Waals surface area contributed by atoms with E-state index in [2.05, 4.69) is 68.4 Å². The van der Waals surface area contributed by atoms with E-state index >= 15 is 0 Å². The summed E-state index contributed by atoms with van der Waals surface area (Å²) in [6, 6.07) is 21.7. The largest absolute Gasteiger partial charge is 0.552 e. The molecule has 1 atom stereocenters. The van der Waals surface area contributed by atoms with Crippen molar-refractivity contribution < 1.29 is 4.43 Å². The molecule has 0 bridgehead atoms. The molecule has 2 heteroatoms. The molecule has 1 nitrogen and oxygen atoms in total. The normalized spacial score (nSPS) is 20.2. The highest BCUT2D eigenvalue weighted by atomic mass is 28.4. The third-order valence-electron chi connectivity index (χ3n) is 4.32. The van der Waals surface area contributed by atoms with E-state index in [0.717, 1.165) is 12.1 Å². The van der Waals surface area contributed by atoms with Crippen LogP contribution in [-0.2, 0) is 4.43 Å². The van der Waals surface area contributed by atoms with Gasteiger partial charge in [-0.3, -0.25) is 0 Å². The van der Waals surface area contributed by atoms with Crippen molar-refractivity contribution in [2.45, 2.75) is 32.0 Å². The maximum absolute atomic E-state index is 6.64. The van der Waals surface area contributed by atoms with Crippen molar-refractivity contribution in [1.82, 2.24) is 0 Å². The number of benzene rings is 2. The minimum atomic E-state index is -1.75. The maximum atomic E-state index is 6.64. The molecule has 1 heterocycles. The molecule has 19 heavy (non-hydrogen) atoms. The highest BCUT2D eigenvalue weighted by Gasteiger charge is 2.34. The highest BCUT2D eigenvalue weighted by molar-refractivity contribution is 6.87. The van der Waals surface area contributed by atoms with E-state index in [9.17, 15) is 0 Å². The average Bonchev–Trinajstić information content (AvgIpc) is 2.84. The standard InChI is InChI=1S/C17H20OSi/c1-3-19(4-2)16-13-9-8-12-15(16)17(18-19)14-10-6-5-7-11-14/h5-13,17H,3-4H2,1-2H3/q-1. The second-order valence-electron chi connectivity index (χ2n) is 5.20. The third-order valence-corrected chi connectivity index (χ3v) is 8.73. The van der Waals surface area contributed by atoms with Crippen LogP contribution in [0.3, 0.4) is 0 Å². The van der Waals surface area contributed by atoms with E-state index < -0.39 is 8.32 Å². The van der Waals surface area contributed by atoms with Gasteiger partial charge < -0.3 is 4.43 Å². The van der Waals surface area contributed by atoms with E-state index in [0.29, 0.717) is 0 Å². The van der Waals surface area contributed by atoms with Crippen LogP contribution >= 0.6 is 0 Å². The van der Waals surface area contributed by atoms with Crippen LogP contribution in [0.15, 0.2) is 54.6 Å². The van der Waals surface area contributed by atoms with Gasteiger partial charge in [0.1, 0.15) is 0 Å². The first-order chi connectivity index (χ1) is 9.30. The van der Waals surface area contributed by atoms with Crippen molar-refractivity contribution in [3.8, 4) is 0 Å². The molecule has 99 valence electrons. The van der Waals surface area contributed by atoms with Gasteiger partial charge in [0, 0.05) is 8.32 Å². The topological polar surface area (TPSA) is 9.23 Å². The van der Waals surface area contributed by atoms with Crippen LogP contribution in [0, 0.1) is 0 Å². The van der Waals surface area contributed by atoms with Crippen molar-refractivity contribution >= 4 is 13.5 Å². The summed E-state index contributed by atoms with van der Waals surface area (Å²) in [5.74, 6) is 0. The zero-order valence-electron chi connectivity index (χ0n) is 11.6. The zero-order chi connectivity index (χ0) is 13.3. The molecule has 0 radical (unpaired) electrons. The van der Waals surface area contributed by atoms with Crippen molar-refractivity contribution in [3.05, 3.63) is 65.7 Å². The van der Waals surface area contributed by atoms with Gasteiger partial charge in [-0.2, -0.15) is 5.19 Å². The van der Waals surface area contributed by atoms with Crippen molar-refractivity contribution in [2.24, 2.45) is 0 Å². The molecular weight excluding hydrogens is 248 g/mol. The molecule has 0 spiro atoms. The SMILES string of the molecule is CC[Si-]1(CC)OC(c2ccccc2)c2ccccc21. The van der Waals surface area contributed by atoms with Gasteiger partial charge in [-0.15, -0.1) is 12.1 Å². The molecule has 0 N–H and O–H groups in total. The fraction of sp³-hybridized carbons (Fsp3) is 0.294. The predicted octanol–water partition coefficient (Wildman–Crippen LogP) is 4.00. The number of rotatable bonds is 3. The third kappa shape index (κ3) is 1.95. The Bertz CT molecular complexity index is 560. The van der Waals surface area contributed by atoms with E-state index in [1.807, 2.05) is 0 Å². The quantitative estimate of drug-likeness (QED) is 0.765. The van der Waals surface area contributed by atoms with Crippen LogP contribution in [0.4, 0.5) is 0 Å². The van der Waals surface area contributed by atoms with Crippen LogP contribution in [0.1, 0.15) is 31.1 Å².